The average Bonchev–Trinajstić information content (AvgIpc) is 2.37. The second kappa shape index (κ2) is 5.68. The minimum absolute atomic E-state index is 0.0226. The Bertz CT molecular complexity index is 301. The minimum Gasteiger partial charge on any atom is -0.377 e. The van der Waals surface area contributed by atoms with E-state index < -0.39 is 0 Å². The molecule has 3 atom stereocenters. The van der Waals surface area contributed by atoms with Gasteiger partial charge in [0, 0.05) is 25.7 Å². The van der Waals surface area contributed by atoms with E-state index in [2.05, 4.69) is 25.7 Å². The zero-order chi connectivity index (χ0) is 14.1. The van der Waals surface area contributed by atoms with Crippen molar-refractivity contribution < 1.29 is 9.47 Å². The van der Waals surface area contributed by atoms with Crippen LogP contribution in [0.1, 0.15) is 46.5 Å². The standard InChI is InChI=1S/C15H30N2O2/c1-12-8-15(10-16,9-13(2)19-12)17-7-5-6-14(3,11-17)18-4/h12-13H,5-11,16H2,1-4H3. The first-order valence-electron chi connectivity index (χ1n) is 7.59. The van der Waals surface area contributed by atoms with E-state index in [1.54, 1.807) is 0 Å². The molecule has 19 heavy (non-hydrogen) atoms. The number of methoxy groups -OCH3 is 1. The summed E-state index contributed by atoms with van der Waals surface area (Å²) in [6, 6.07) is 0. The number of rotatable bonds is 3. The van der Waals surface area contributed by atoms with Crippen LogP contribution >= 0.6 is 0 Å². The van der Waals surface area contributed by atoms with Crippen molar-refractivity contribution in [1.29, 1.82) is 0 Å². The van der Waals surface area contributed by atoms with Crippen molar-refractivity contribution in [2.24, 2.45) is 5.73 Å². The normalized spacial score (nSPS) is 45.3. The van der Waals surface area contributed by atoms with E-state index in [4.69, 9.17) is 15.2 Å². The molecule has 2 heterocycles. The third-order valence-electron chi connectivity index (χ3n) is 5.00. The fraction of sp³-hybridized carbons (Fsp3) is 1.00. The fourth-order valence-electron chi connectivity index (χ4n) is 3.98. The highest BCUT2D eigenvalue weighted by molar-refractivity contribution is 5.01. The molecule has 0 aromatic carbocycles. The number of piperidine rings is 1. The lowest BCUT2D eigenvalue weighted by Crippen LogP contribution is -2.64. The van der Waals surface area contributed by atoms with Gasteiger partial charge in [-0.05, 0) is 53.0 Å². The molecule has 2 aliphatic heterocycles. The third kappa shape index (κ3) is 3.13. The number of likely N-dealkylation sites (tertiary alicyclic amines) is 1. The van der Waals surface area contributed by atoms with Gasteiger partial charge in [0.2, 0.25) is 0 Å². The summed E-state index contributed by atoms with van der Waals surface area (Å²) in [6.07, 6.45) is 4.99. The van der Waals surface area contributed by atoms with E-state index in [1.807, 2.05) is 7.11 Å². The molecular formula is C15H30N2O2. The van der Waals surface area contributed by atoms with Crippen molar-refractivity contribution in [3.63, 3.8) is 0 Å². The van der Waals surface area contributed by atoms with Crippen LogP contribution in [0.15, 0.2) is 0 Å². The van der Waals surface area contributed by atoms with Crippen molar-refractivity contribution in [1.82, 2.24) is 4.90 Å². The molecule has 2 fully saturated rings. The minimum atomic E-state index is -0.0226. The van der Waals surface area contributed by atoms with Crippen molar-refractivity contribution >= 4 is 0 Å². The molecule has 0 saturated carbocycles. The molecule has 0 spiro atoms. The number of ether oxygens (including phenoxy) is 2. The van der Waals surface area contributed by atoms with Gasteiger partial charge >= 0.3 is 0 Å². The van der Waals surface area contributed by atoms with E-state index in [1.165, 1.54) is 6.42 Å². The van der Waals surface area contributed by atoms with Gasteiger partial charge in [-0.2, -0.15) is 0 Å². The molecule has 112 valence electrons. The first-order chi connectivity index (χ1) is 8.93. The average molecular weight is 270 g/mol. The van der Waals surface area contributed by atoms with Gasteiger partial charge in [0.25, 0.3) is 0 Å². The molecule has 2 rings (SSSR count). The molecule has 0 aromatic heterocycles. The Morgan fingerprint density at radius 3 is 2.47 bits per heavy atom. The zero-order valence-corrected chi connectivity index (χ0v) is 12.9. The Morgan fingerprint density at radius 2 is 1.95 bits per heavy atom. The number of nitrogens with zero attached hydrogens (tertiary/aromatic N) is 1. The van der Waals surface area contributed by atoms with Gasteiger partial charge in [-0.1, -0.05) is 0 Å². The second-order valence-corrected chi connectivity index (χ2v) is 6.77. The van der Waals surface area contributed by atoms with E-state index >= 15 is 0 Å². The molecule has 0 amide bonds. The van der Waals surface area contributed by atoms with Crippen LogP contribution in [-0.2, 0) is 9.47 Å². The van der Waals surface area contributed by atoms with E-state index in [0.717, 1.165) is 32.4 Å². The summed E-state index contributed by atoms with van der Waals surface area (Å²) in [5.74, 6) is 0. The van der Waals surface area contributed by atoms with E-state index in [-0.39, 0.29) is 11.1 Å². The molecule has 2 aliphatic rings. The van der Waals surface area contributed by atoms with Crippen LogP contribution in [0.3, 0.4) is 0 Å². The van der Waals surface area contributed by atoms with Gasteiger partial charge in [-0.15, -0.1) is 0 Å². The zero-order valence-electron chi connectivity index (χ0n) is 12.9. The van der Waals surface area contributed by atoms with Crippen LogP contribution in [-0.4, -0.2) is 55.0 Å². The Labute approximate surface area is 117 Å². The molecule has 0 aromatic rings. The van der Waals surface area contributed by atoms with E-state index in [0.29, 0.717) is 18.8 Å². The highest BCUT2D eigenvalue weighted by Crippen LogP contribution is 2.37. The first kappa shape index (κ1) is 15.2. The number of nitrogens with two attached hydrogens (primary N) is 1. The fourth-order valence-corrected chi connectivity index (χ4v) is 3.98. The maximum Gasteiger partial charge on any atom is 0.0777 e. The lowest BCUT2D eigenvalue weighted by molar-refractivity contribution is -0.136. The molecule has 0 radical (unpaired) electrons. The van der Waals surface area contributed by atoms with Gasteiger partial charge < -0.3 is 15.2 Å². The number of hydrogen-bond donors (Lipinski definition) is 1. The lowest BCUT2D eigenvalue weighted by atomic mass is 9.79. The molecule has 0 bridgehead atoms. The summed E-state index contributed by atoms with van der Waals surface area (Å²) in [5.41, 5.74) is 6.26. The van der Waals surface area contributed by atoms with Crippen LogP contribution in [0.5, 0.6) is 0 Å². The predicted molar refractivity (Wildman–Crippen MR) is 77.2 cm³/mol. The molecule has 4 heteroatoms. The van der Waals surface area contributed by atoms with Crippen LogP contribution in [0, 0.1) is 0 Å². The number of hydrogen-bond acceptors (Lipinski definition) is 4. The predicted octanol–water partition coefficient (Wildman–Crippen LogP) is 1.77. The molecule has 4 nitrogen and oxygen atoms in total. The second-order valence-electron chi connectivity index (χ2n) is 6.77. The smallest absolute Gasteiger partial charge is 0.0777 e. The van der Waals surface area contributed by atoms with Crippen molar-refractivity contribution in [3.05, 3.63) is 0 Å². The van der Waals surface area contributed by atoms with Gasteiger partial charge in [-0.3, -0.25) is 4.90 Å². The summed E-state index contributed by atoms with van der Waals surface area (Å²) >= 11 is 0. The quantitative estimate of drug-likeness (QED) is 0.849. The van der Waals surface area contributed by atoms with Crippen LogP contribution < -0.4 is 5.73 Å². The Morgan fingerprint density at radius 1 is 1.32 bits per heavy atom. The van der Waals surface area contributed by atoms with Gasteiger partial charge in [0.15, 0.2) is 0 Å². The highest BCUT2D eigenvalue weighted by Gasteiger charge is 2.45. The van der Waals surface area contributed by atoms with Gasteiger partial charge in [0.05, 0.1) is 17.8 Å². The first-order valence-corrected chi connectivity index (χ1v) is 7.59. The van der Waals surface area contributed by atoms with Gasteiger partial charge in [-0.25, -0.2) is 0 Å². The highest BCUT2D eigenvalue weighted by atomic mass is 16.5. The Kier molecular flexibility index (Phi) is 4.56. The third-order valence-corrected chi connectivity index (χ3v) is 5.00. The van der Waals surface area contributed by atoms with Crippen molar-refractivity contribution in [2.45, 2.75) is 69.8 Å². The molecule has 3 unspecified atom stereocenters. The topological polar surface area (TPSA) is 47.7 Å². The van der Waals surface area contributed by atoms with Crippen LogP contribution in [0.25, 0.3) is 0 Å². The molecule has 0 aliphatic carbocycles. The Hall–Kier alpha value is -0.160. The summed E-state index contributed by atoms with van der Waals surface area (Å²) in [6.45, 7) is 9.38. The van der Waals surface area contributed by atoms with Crippen LogP contribution in [0.2, 0.25) is 0 Å². The molecule has 2 N–H and O–H groups in total. The summed E-state index contributed by atoms with van der Waals surface area (Å²) < 4.78 is 11.6. The SMILES string of the molecule is COC1(C)CCCN(C2(CN)CC(C)OC(C)C2)C1. The largest absolute Gasteiger partial charge is 0.377 e. The Balaban J connectivity index is 2.16. The van der Waals surface area contributed by atoms with Gasteiger partial charge in [0.1, 0.15) is 0 Å². The van der Waals surface area contributed by atoms with E-state index in [9.17, 15) is 0 Å². The maximum absolute atomic E-state index is 6.19. The van der Waals surface area contributed by atoms with Crippen LogP contribution in [0.4, 0.5) is 0 Å². The summed E-state index contributed by atoms with van der Waals surface area (Å²) in [5, 5.41) is 0. The summed E-state index contributed by atoms with van der Waals surface area (Å²) in [4.78, 5) is 2.58. The maximum atomic E-state index is 6.19. The van der Waals surface area contributed by atoms with Crippen molar-refractivity contribution in [2.75, 3.05) is 26.7 Å². The monoisotopic (exact) mass is 270 g/mol. The lowest BCUT2D eigenvalue weighted by Gasteiger charge is -2.53. The van der Waals surface area contributed by atoms with Crippen molar-refractivity contribution in [3.8, 4) is 0 Å². The molecule has 2 saturated heterocycles. The summed E-state index contributed by atoms with van der Waals surface area (Å²) in [7, 11) is 1.83. The molecular weight excluding hydrogens is 240 g/mol.